The molecule has 128 valence electrons. The van der Waals surface area contributed by atoms with E-state index in [4.69, 9.17) is 4.74 Å². The molecule has 6 heteroatoms. The average molecular weight is 348 g/mol. The average Bonchev–Trinajstić information content (AvgIpc) is 3.10. The number of carbonyl (C=O) groups is 1. The van der Waals surface area contributed by atoms with Gasteiger partial charge in [-0.25, -0.2) is 4.39 Å². The van der Waals surface area contributed by atoms with E-state index in [1.54, 1.807) is 23.5 Å². The van der Waals surface area contributed by atoms with Crippen molar-refractivity contribution in [2.75, 3.05) is 32.8 Å². The van der Waals surface area contributed by atoms with E-state index in [0.717, 1.165) is 32.7 Å². The highest BCUT2D eigenvalue weighted by Crippen LogP contribution is 2.14. The van der Waals surface area contributed by atoms with Crippen LogP contribution in [-0.4, -0.2) is 48.5 Å². The maximum Gasteiger partial charge on any atom is 0.226 e. The van der Waals surface area contributed by atoms with E-state index < -0.39 is 0 Å². The maximum atomic E-state index is 12.8. The normalized spacial score (nSPS) is 15.5. The topological polar surface area (TPSA) is 32.8 Å². The second kappa shape index (κ2) is 8.26. The number of hydrogen-bond acceptors (Lipinski definition) is 4. The van der Waals surface area contributed by atoms with Crippen LogP contribution in [0, 0.1) is 5.82 Å². The molecular formula is C18H21FN2O2S. The minimum Gasteiger partial charge on any atom is -0.493 e. The van der Waals surface area contributed by atoms with Gasteiger partial charge in [-0.05, 0) is 35.7 Å². The SMILES string of the molecule is O=C(CCOc1ccc(F)cc1)N1CCN(Cc2cccs2)CC1. The van der Waals surface area contributed by atoms with Gasteiger partial charge in [0.05, 0.1) is 13.0 Å². The molecule has 1 fully saturated rings. The lowest BCUT2D eigenvalue weighted by molar-refractivity contribution is -0.133. The predicted molar refractivity (Wildman–Crippen MR) is 92.7 cm³/mol. The van der Waals surface area contributed by atoms with Gasteiger partial charge in [-0.15, -0.1) is 11.3 Å². The first-order chi connectivity index (χ1) is 11.7. The van der Waals surface area contributed by atoms with Gasteiger partial charge in [0.1, 0.15) is 11.6 Å². The summed E-state index contributed by atoms with van der Waals surface area (Å²) in [6.07, 6.45) is 0.350. The molecule has 0 N–H and O–H groups in total. The van der Waals surface area contributed by atoms with E-state index >= 15 is 0 Å². The van der Waals surface area contributed by atoms with Crippen LogP contribution in [0.3, 0.4) is 0 Å². The largest absolute Gasteiger partial charge is 0.493 e. The van der Waals surface area contributed by atoms with Crippen molar-refractivity contribution >= 4 is 17.2 Å². The van der Waals surface area contributed by atoms with Gasteiger partial charge in [0.15, 0.2) is 0 Å². The maximum absolute atomic E-state index is 12.8. The molecule has 3 rings (SSSR count). The summed E-state index contributed by atoms with van der Waals surface area (Å²) in [6, 6.07) is 10.1. The molecule has 0 atom stereocenters. The standard InChI is InChI=1S/C18H21FN2O2S/c19-15-3-5-16(6-4-15)23-12-7-18(22)21-10-8-20(9-11-21)14-17-2-1-13-24-17/h1-6,13H,7-12,14H2. The van der Waals surface area contributed by atoms with E-state index in [1.165, 1.54) is 17.0 Å². The summed E-state index contributed by atoms with van der Waals surface area (Å²) in [4.78, 5) is 17.9. The van der Waals surface area contributed by atoms with Crippen LogP contribution < -0.4 is 4.74 Å². The Labute approximate surface area is 145 Å². The summed E-state index contributed by atoms with van der Waals surface area (Å²) < 4.78 is 18.3. The van der Waals surface area contributed by atoms with E-state index in [2.05, 4.69) is 22.4 Å². The van der Waals surface area contributed by atoms with Gasteiger partial charge in [0.25, 0.3) is 0 Å². The number of piperazine rings is 1. The van der Waals surface area contributed by atoms with Crippen molar-refractivity contribution in [1.29, 1.82) is 0 Å². The molecule has 0 aliphatic carbocycles. The molecule has 1 aliphatic rings. The predicted octanol–water partition coefficient (Wildman–Crippen LogP) is 3.00. The van der Waals surface area contributed by atoms with Crippen molar-refractivity contribution in [3.63, 3.8) is 0 Å². The molecule has 1 aliphatic heterocycles. The molecule has 0 radical (unpaired) electrons. The summed E-state index contributed by atoms with van der Waals surface area (Å²) in [5, 5.41) is 2.09. The van der Waals surface area contributed by atoms with Crippen molar-refractivity contribution in [1.82, 2.24) is 9.80 Å². The third kappa shape index (κ3) is 4.79. The fraction of sp³-hybridized carbons (Fsp3) is 0.389. The van der Waals surface area contributed by atoms with Crippen LogP contribution in [0.4, 0.5) is 4.39 Å². The lowest BCUT2D eigenvalue weighted by Gasteiger charge is -2.34. The van der Waals surface area contributed by atoms with E-state index in [-0.39, 0.29) is 11.7 Å². The van der Waals surface area contributed by atoms with Gasteiger partial charge < -0.3 is 9.64 Å². The molecule has 1 saturated heterocycles. The van der Waals surface area contributed by atoms with Gasteiger partial charge >= 0.3 is 0 Å². The summed E-state index contributed by atoms with van der Waals surface area (Å²) in [5.74, 6) is 0.414. The van der Waals surface area contributed by atoms with Crippen LogP contribution in [-0.2, 0) is 11.3 Å². The molecule has 2 aromatic rings. The van der Waals surface area contributed by atoms with Crippen molar-refractivity contribution in [3.8, 4) is 5.75 Å². The zero-order valence-corrected chi connectivity index (χ0v) is 14.3. The Morgan fingerprint density at radius 1 is 1.12 bits per heavy atom. The number of carbonyl (C=O) groups excluding carboxylic acids is 1. The Balaban J connectivity index is 1.36. The van der Waals surface area contributed by atoms with Crippen LogP contribution in [0.1, 0.15) is 11.3 Å². The molecular weight excluding hydrogens is 327 g/mol. The first kappa shape index (κ1) is 16.9. The second-order valence-corrected chi connectivity index (χ2v) is 6.82. The van der Waals surface area contributed by atoms with Crippen LogP contribution in [0.15, 0.2) is 41.8 Å². The van der Waals surface area contributed by atoms with Crippen LogP contribution in [0.2, 0.25) is 0 Å². The summed E-state index contributed by atoms with van der Waals surface area (Å²) in [7, 11) is 0. The Kier molecular flexibility index (Phi) is 5.82. The highest BCUT2D eigenvalue weighted by atomic mass is 32.1. The fourth-order valence-corrected chi connectivity index (χ4v) is 3.47. The fourth-order valence-electron chi connectivity index (χ4n) is 2.72. The summed E-state index contributed by atoms with van der Waals surface area (Å²) >= 11 is 1.77. The van der Waals surface area contributed by atoms with Crippen molar-refractivity contribution in [3.05, 3.63) is 52.5 Å². The van der Waals surface area contributed by atoms with E-state index in [0.29, 0.717) is 18.8 Å². The third-order valence-corrected chi connectivity index (χ3v) is 4.94. The van der Waals surface area contributed by atoms with Gasteiger partial charge in [-0.2, -0.15) is 0 Å². The minimum atomic E-state index is -0.293. The third-order valence-electron chi connectivity index (χ3n) is 4.08. The molecule has 1 amide bonds. The van der Waals surface area contributed by atoms with Crippen molar-refractivity contribution in [2.45, 2.75) is 13.0 Å². The van der Waals surface area contributed by atoms with Gasteiger partial charge in [0.2, 0.25) is 5.91 Å². The number of ether oxygens (including phenoxy) is 1. The Morgan fingerprint density at radius 2 is 1.88 bits per heavy atom. The smallest absolute Gasteiger partial charge is 0.226 e. The van der Waals surface area contributed by atoms with Crippen LogP contribution in [0.25, 0.3) is 0 Å². The number of rotatable bonds is 6. The lowest BCUT2D eigenvalue weighted by Crippen LogP contribution is -2.48. The molecule has 2 heterocycles. The van der Waals surface area contributed by atoms with Gasteiger partial charge in [-0.1, -0.05) is 6.07 Å². The van der Waals surface area contributed by atoms with Crippen LogP contribution >= 0.6 is 11.3 Å². The summed E-state index contributed by atoms with van der Waals surface area (Å²) in [5.41, 5.74) is 0. The molecule has 4 nitrogen and oxygen atoms in total. The number of thiophene rings is 1. The molecule has 1 aromatic heterocycles. The number of benzene rings is 1. The van der Waals surface area contributed by atoms with E-state index in [9.17, 15) is 9.18 Å². The number of nitrogens with zero attached hydrogens (tertiary/aromatic N) is 2. The monoisotopic (exact) mass is 348 g/mol. The molecule has 1 aromatic carbocycles. The first-order valence-electron chi connectivity index (χ1n) is 8.11. The molecule has 24 heavy (non-hydrogen) atoms. The lowest BCUT2D eigenvalue weighted by atomic mass is 10.2. The summed E-state index contributed by atoms with van der Waals surface area (Å²) in [6.45, 7) is 4.62. The van der Waals surface area contributed by atoms with Crippen molar-refractivity contribution in [2.24, 2.45) is 0 Å². The molecule has 0 bridgehead atoms. The number of halogens is 1. The van der Waals surface area contributed by atoms with Crippen molar-refractivity contribution < 1.29 is 13.9 Å². The Bertz CT molecular complexity index is 638. The van der Waals surface area contributed by atoms with Crippen LogP contribution in [0.5, 0.6) is 5.75 Å². The second-order valence-electron chi connectivity index (χ2n) is 5.79. The molecule has 0 unspecified atom stereocenters. The highest BCUT2D eigenvalue weighted by Gasteiger charge is 2.21. The van der Waals surface area contributed by atoms with Gasteiger partial charge in [0, 0.05) is 37.6 Å². The highest BCUT2D eigenvalue weighted by molar-refractivity contribution is 7.09. The minimum absolute atomic E-state index is 0.118. The first-order valence-corrected chi connectivity index (χ1v) is 8.99. The zero-order valence-electron chi connectivity index (χ0n) is 13.5. The van der Waals surface area contributed by atoms with E-state index in [1.807, 2.05) is 4.90 Å². The Hall–Kier alpha value is -1.92. The quantitative estimate of drug-likeness (QED) is 0.804. The molecule has 0 spiro atoms. The Morgan fingerprint density at radius 3 is 2.54 bits per heavy atom. The number of hydrogen-bond donors (Lipinski definition) is 0. The zero-order chi connectivity index (χ0) is 16.8. The van der Waals surface area contributed by atoms with Gasteiger partial charge in [-0.3, -0.25) is 9.69 Å². The number of amides is 1. The molecule has 0 saturated carbocycles.